The second kappa shape index (κ2) is 11.2. The third-order valence-corrected chi connectivity index (χ3v) is 7.76. The third kappa shape index (κ3) is 5.68. The van der Waals surface area contributed by atoms with E-state index in [4.69, 9.17) is 4.74 Å². The summed E-state index contributed by atoms with van der Waals surface area (Å²) in [5, 5.41) is 9.04. The highest BCUT2D eigenvalue weighted by Gasteiger charge is 2.34. The van der Waals surface area contributed by atoms with E-state index < -0.39 is 0 Å². The van der Waals surface area contributed by atoms with Gasteiger partial charge in [-0.15, -0.1) is 10.2 Å². The molecule has 2 amide bonds. The number of aryl methyl sites for hydroxylation is 1. The lowest BCUT2D eigenvalue weighted by Gasteiger charge is -2.37. The van der Waals surface area contributed by atoms with Gasteiger partial charge in [-0.3, -0.25) is 9.59 Å². The van der Waals surface area contributed by atoms with E-state index in [0.29, 0.717) is 26.1 Å². The minimum Gasteiger partial charge on any atom is -0.493 e. The molecule has 2 fully saturated rings. The average Bonchev–Trinajstić information content (AvgIpc) is 3.17. The Balaban J connectivity index is 1.10. The molecular formula is C27H37N5O3. The molecule has 0 saturated carbocycles. The number of nitrogens with zero attached hydrogens (tertiary/aromatic N) is 5. The van der Waals surface area contributed by atoms with Crippen molar-refractivity contribution in [3.63, 3.8) is 0 Å². The van der Waals surface area contributed by atoms with Crippen LogP contribution in [0.2, 0.25) is 0 Å². The zero-order valence-corrected chi connectivity index (χ0v) is 20.6. The van der Waals surface area contributed by atoms with Crippen molar-refractivity contribution in [3.05, 3.63) is 42.0 Å². The Bertz CT molecular complexity index is 1000. The van der Waals surface area contributed by atoms with Gasteiger partial charge in [-0.05, 0) is 50.7 Å². The summed E-state index contributed by atoms with van der Waals surface area (Å²) in [6.07, 6.45) is 8.56. The fraction of sp³-hybridized carbons (Fsp3) is 0.630. The van der Waals surface area contributed by atoms with Gasteiger partial charge in [-0.25, -0.2) is 0 Å². The molecule has 4 heterocycles. The number of carbonyl (C=O) groups excluding carboxylic acids is 2. The van der Waals surface area contributed by atoms with Crippen LogP contribution >= 0.6 is 0 Å². The number of fused-ring (bicyclic) bond motifs is 1. The van der Waals surface area contributed by atoms with Crippen LogP contribution in [0.15, 0.2) is 30.3 Å². The molecule has 3 aliphatic heterocycles. The molecule has 1 aromatic carbocycles. The van der Waals surface area contributed by atoms with E-state index in [0.717, 1.165) is 69.1 Å². The number of benzene rings is 1. The predicted molar refractivity (Wildman–Crippen MR) is 132 cm³/mol. The molecule has 0 N–H and O–H groups in total. The minimum atomic E-state index is 0.00823. The molecule has 0 aliphatic carbocycles. The number of ether oxygens (including phenoxy) is 1. The van der Waals surface area contributed by atoms with Crippen molar-refractivity contribution in [3.8, 4) is 5.75 Å². The van der Waals surface area contributed by atoms with Crippen LogP contribution < -0.4 is 4.74 Å². The number of hydrogen-bond acceptors (Lipinski definition) is 5. The smallest absolute Gasteiger partial charge is 0.225 e. The van der Waals surface area contributed by atoms with Gasteiger partial charge in [-0.1, -0.05) is 24.6 Å². The molecule has 0 radical (unpaired) electrons. The Morgan fingerprint density at radius 3 is 2.54 bits per heavy atom. The van der Waals surface area contributed by atoms with Gasteiger partial charge in [0.1, 0.15) is 17.4 Å². The molecule has 1 unspecified atom stereocenters. The zero-order chi connectivity index (χ0) is 24.0. The minimum absolute atomic E-state index is 0.00823. The van der Waals surface area contributed by atoms with E-state index in [1.807, 2.05) is 35.2 Å². The van der Waals surface area contributed by atoms with Crippen molar-refractivity contribution in [2.75, 3.05) is 32.8 Å². The van der Waals surface area contributed by atoms with Gasteiger partial charge in [0.15, 0.2) is 0 Å². The summed E-state index contributed by atoms with van der Waals surface area (Å²) >= 11 is 0. The van der Waals surface area contributed by atoms with Crippen molar-refractivity contribution in [2.45, 2.75) is 70.3 Å². The van der Waals surface area contributed by atoms with E-state index in [2.05, 4.69) is 19.7 Å². The van der Waals surface area contributed by atoms with Gasteiger partial charge in [0.05, 0.1) is 13.0 Å². The first-order valence-corrected chi connectivity index (χ1v) is 13.4. The van der Waals surface area contributed by atoms with E-state index >= 15 is 0 Å². The normalized spacial score (nSPS) is 21.3. The Kier molecular flexibility index (Phi) is 7.64. The monoisotopic (exact) mass is 479 g/mol. The predicted octanol–water partition coefficient (Wildman–Crippen LogP) is 3.42. The highest BCUT2D eigenvalue weighted by Crippen LogP contribution is 2.30. The van der Waals surface area contributed by atoms with Crippen molar-refractivity contribution in [2.24, 2.45) is 5.92 Å². The molecule has 0 bridgehead atoms. The van der Waals surface area contributed by atoms with Crippen molar-refractivity contribution < 1.29 is 14.3 Å². The summed E-state index contributed by atoms with van der Waals surface area (Å²) in [4.78, 5) is 29.9. The molecule has 1 atom stereocenters. The molecule has 188 valence electrons. The van der Waals surface area contributed by atoms with Gasteiger partial charge in [0, 0.05) is 51.0 Å². The lowest BCUT2D eigenvalue weighted by Crippen LogP contribution is -2.47. The molecule has 35 heavy (non-hydrogen) atoms. The van der Waals surface area contributed by atoms with Gasteiger partial charge in [0.25, 0.3) is 0 Å². The molecule has 2 aromatic rings. The summed E-state index contributed by atoms with van der Waals surface area (Å²) in [6.45, 7) is 4.25. The maximum absolute atomic E-state index is 13.4. The van der Waals surface area contributed by atoms with Crippen LogP contribution in [0.25, 0.3) is 0 Å². The standard InChI is InChI=1S/C27H37N5O3/c33-25(14-19-35-23-9-3-1-4-10-23)30-17-12-21(13-18-30)27(34)31-15-7-8-22(20-31)26-29-28-24-11-5-2-6-16-32(24)26/h1,3-4,9-10,21-22H,2,5-8,11-20H2. The van der Waals surface area contributed by atoms with Crippen molar-refractivity contribution >= 4 is 11.8 Å². The second-order valence-electron chi connectivity index (χ2n) is 10.1. The van der Waals surface area contributed by atoms with Gasteiger partial charge >= 0.3 is 0 Å². The van der Waals surface area contributed by atoms with Gasteiger partial charge in [0.2, 0.25) is 11.8 Å². The second-order valence-corrected chi connectivity index (χ2v) is 10.1. The van der Waals surface area contributed by atoms with E-state index in [-0.39, 0.29) is 23.7 Å². The number of hydrogen-bond donors (Lipinski definition) is 0. The molecule has 0 spiro atoms. The third-order valence-electron chi connectivity index (χ3n) is 7.76. The fourth-order valence-corrected chi connectivity index (χ4v) is 5.76. The van der Waals surface area contributed by atoms with Crippen molar-refractivity contribution in [1.29, 1.82) is 0 Å². The van der Waals surface area contributed by atoms with Crippen LogP contribution in [0.1, 0.15) is 68.9 Å². The molecule has 8 heteroatoms. The lowest BCUT2D eigenvalue weighted by molar-refractivity contribution is -0.141. The first kappa shape index (κ1) is 23.8. The van der Waals surface area contributed by atoms with Crippen molar-refractivity contribution in [1.82, 2.24) is 24.6 Å². The van der Waals surface area contributed by atoms with Crippen LogP contribution in [-0.2, 0) is 22.6 Å². The van der Waals surface area contributed by atoms with Crippen LogP contribution in [0.4, 0.5) is 0 Å². The molecule has 5 rings (SSSR count). The number of piperidine rings is 2. The summed E-state index contributed by atoms with van der Waals surface area (Å²) in [5.74, 6) is 3.63. The first-order valence-electron chi connectivity index (χ1n) is 13.4. The maximum atomic E-state index is 13.4. The Morgan fingerprint density at radius 2 is 1.71 bits per heavy atom. The Morgan fingerprint density at radius 1 is 0.886 bits per heavy atom. The highest BCUT2D eigenvalue weighted by atomic mass is 16.5. The number of likely N-dealkylation sites (tertiary alicyclic amines) is 2. The average molecular weight is 480 g/mol. The number of amides is 2. The van der Waals surface area contributed by atoms with Crippen LogP contribution in [-0.4, -0.2) is 69.2 Å². The Hall–Kier alpha value is -2.90. The molecular weight excluding hydrogens is 442 g/mol. The number of para-hydroxylation sites is 1. The summed E-state index contributed by atoms with van der Waals surface area (Å²) < 4.78 is 8.00. The highest BCUT2D eigenvalue weighted by molar-refractivity contribution is 5.80. The molecule has 8 nitrogen and oxygen atoms in total. The molecule has 1 aromatic heterocycles. The Labute approximate surface area is 207 Å². The largest absolute Gasteiger partial charge is 0.493 e. The van der Waals surface area contributed by atoms with E-state index in [1.165, 1.54) is 19.3 Å². The first-order chi connectivity index (χ1) is 17.2. The summed E-state index contributed by atoms with van der Waals surface area (Å²) in [7, 11) is 0. The molecule has 2 saturated heterocycles. The number of rotatable bonds is 6. The van der Waals surface area contributed by atoms with E-state index in [9.17, 15) is 9.59 Å². The van der Waals surface area contributed by atoms with Crippen LogP contribution in [0.3, 0.4) is 0 Å². The summed E-state index contributed by atoms with van der Waals surface area (Å²) in [6, 6.07) is 9.57. The quantitative estimate of drug-likeness (QED) is 0.634. The topological polar surface area (TPSA) is 80.6 Å². The lowest BCUT2D eigenvalue weighted by atomic mass is 9.91. The number of aromatic nitrogens is 3. The van der Waals surface area contributed by atoms with E-state index in [1.54, 1.807) is 0 Å². The van der Waals surface area contributed by atoms with Gasteiger partial charge in [-0.2, -0.15) is 0 Å². The van der Waals surface area contributed by atoms with Crippen LogP contribution in [0, 0.1) is 5.92 Å². The van der Waals surface area contributed by atoms with Gasteiger partial charge < -0.3 is 19.1 Å². The zero-order valence-electron chi connectivity index (χ0n) is 20.6. The van der Waals surface area contributed by atoms with Crippen LogP contribution in [0.5, 0.6) is 5.75 Å². The summed E-state index contributed by atoms with van der Waals surface area (Å²) in [5.41, 5.74) is 0. The number of carbonyl (C=O) groups is 2. The maximum Gasteiger partial charge on any atom is 0.225 e. The molecule has 3 aliphatic rings. The fourth-order valence-electron chi connectivity index (χ4n) is 5.76. The SMILES string of the molecule is O=C(CCOc1ccccc1)N1CCC(C(=O)N2CCCC(c3nnc4n3CCCCC4)C2)CC1.